The maximum absolute atomic E-state index is 13.1. The molecule has 1 amide bonds. The molecule has 0 aliphatic carbocycles. The standard InChI is InChI=1S/C26H24N6O/c27-12-19-7-5-18(6-8-19)11-25-30-15-22(31-25)14-29-21-9-10-32(17-21)26(33)24-16-28-13-20-3-1-2-4-23(20)24/h1-8,13,15-16,21,29H,9-11,14,17H2,(H,30,31). The maximum atomic E-state index is 13.1. The summed E-state index contributed by atoms with van der Waals surface area (Å²) in [6.07, 6.45) is 6.92. The van der Waals surface area contributed by atoms with Gasteiger partial charge in [-0.15, -0.1) is 0 Å². The molecule has 0 radical (unpaired) electrons. The zero-order valence-corrected chi connectivity index (χ0v) is 18.2. The summed E-state index contributed by atoms with van der Waals surface area (Å²) < 4.78 is 0. The fourth-order valence-corrected chi connectivity index (χ4v) is 4.30. The number of carbonyl (C=O) groups excluding carboxylic acids is 1. The van der Waals surface area contributed by atoms with Crippen LogP contribution in [0.2, 0.25) is 0 Å². The molecule has 2 N–H and O–H groups in total. The van der Waals surface area contributed by atoms with E-state index in [0.29, 0.717) is 30.6 Å². The first kappa shape index (κ1) is 20.9. The monoisotopic (exact) mass is 436 g/mol. The summed E-state index contributed by atoms with van der Waals surface area (Å²) in [5.74, 6) is 0.929. The van der Waals surface area contributed by atoms with Crippen LogP contribution < -0.4 is 5.32 Å². The number of rotatable bonds is 6. The smallest absolute Gasteiger partial charge is 0.256 e. The predicted octanol–water partition coefficient (Wildman–Crippen LogP) is 3.42. The second-order valence-corrected chi connectivity index (χ2v) is 8.37. The molecule has 7 heteroatoms. The van der Waals surface area contributed by atoms with Crippen molar-refractivity contribution < 1.29 is 4.79 Å². The number of pyridine rings is 1. The van der Waals surface area contributed by atoms with Crippen LogP contribution in [-0.4, -0.2) is 44.9 Å². The van der Waals surface area contributed by atoms with E-state index < -0.39 is 0 Å². The van der Waals surface area contributed by atoms with Crippen LogP contribution in [-0.2, 0) is 13.0 Å². The number of imidazole rings is 1. The molecule has 0 spiro atoms. The van der Waals surface area contributed by atoms with E-state index in [4.69, 9.17) is 5.26 Å². The number of amides is 1. The fourth-order valence-electron chi connectivity index (χ4n) is 4.30. The Bertz CT molecular complexity index is 1320. The fraction of sp³-hybridized carbons (Fsp3) is 0.231. The molecule has 3 heterocycles. The van der Waals surface area contributed by atoms with Gasteiger partial charge < -0.3 is 15.2 Å². The number of carbonyl (C=O) groups is 1. The molecule has 1 atom stereocenters. The van der Waals surface area contributed by atoms with Gasteiger partial charge in [-0.1, -0.05) is 36.4 Å². The van der Waals surface area contributed by atoms with Crippen LogP contribution in [0.5, 0.6) is 0 Å². The minimum absolute atomic E-state index is 0.0369. The third-order valence-electron chi connectivity index (χ3n) is 6.09. The summed E-state index contributed by atoms with van der Waals surface area (Å²) in [6, 6.07) is 17.8. The van der Waals surface area contributed by atoms with Gasteiger partial charge in [-0.05, 0) is 29.5 Å². The van der Waals surface area contributed by atoms with E-state index in [2.05, 4.69) is 26.3 Å². The van der Waals surface area contributed by atoms with Crippen LogP contribution >= 0.6 is 0 Å². The van der Waals surface area contributed by atoms with Gasteiger partial charge in [0, 0.05) is 61.8 Å². The summed E-state index contributed by atoms with van der Waals surface area (Å²) in [6.45, 7) is 2.07. The normalized spacial score (nSPS) is 15.6. The molecule has 1 fully saturated rings. The molecule has 7 nitrogen and oxygen atoms in total. The summed E-state index contributed by atoms with van der Waals surface area (Å²) in [4.78, 5) is 27.1. The molecule has 0 saturated carbocycles. The zero-order valence-electron chi connectivity index (χ0n) is 18.2. The Morgan fingerprint density at radius 1 is 1.15 bits per heavy atom. The molecule has 1 aliphatic heterocycles. The number of nitrogens with one attached hydrogen (secondary N) is 2. The van der Waals surface area contributed by atoms with Crippen molar-refractivity contribution in [2.24, 2.45) is 0 Å². The van der Waals surface area contributed by atoms with Gasteiger partial charge in [0.05, 0.1) is 17.2 Å². The van der Waals surface area contributed by atoms with E-state index >= 15 is 0 Å². The van der Waals surface area contributed by atoms with Crippen molar-refractivity contribution in [3.05, 3.63) is 95.3 Å². The van der Waals surface area contributed by atoms with E-state index in [9.17, 15) is 4.79 Å². The van der Waals surface area contributed by atoms with Crippen molar-refractivity contribution in [2.75, 3.05) is 13.1 Å². The van der Waals surface area contributed by atoms with Crippen LogP contribution in [0.3, 0.4) is 0 Å². The topological polar surface area (TPSA) is 97.7 Å². The highest BCUT2D eigenvalue weighted by atomic mass is 16.2. The lowest BCUT2D eigenvalue weighted by Gasteiger charge is -2.18. The molecule has 2 aromatic heterocycles. The van der Waals surface area contributed by atoms with Crippen LogP contribution in [0.15, 0.2) is 67.1 Å². The molecule has 1 unspecified atom stereocenters. The minimum atomic E-state index is 0.0369. The lowest BCUT2D eigenvalue weighted by Crippen LogP contribution is -2.35. The van der Waals surface area contributed by atoms with Crippen molar-refractivity contribution in [1.82, 2.24) is 25.2 Å². The highest BCUT2D eigenvalue weighted by molar-refractivity contribution is 6.06. The van der Waals surface area contributed by atoms with E-state index in [0.717, 1.165) is 40.8 Å². The first-order chi connectivity index (χ1) is 16.2. The van der Waals surface area contributed by atoms with E-state index in [1.165, 1.54) is 0 Å². The number of hydrogen-bond acceptors (Lipinski definition) is 5. The Labute approximate surface area is 192 Å². The summed E-state index contributed by atoms with van der Waals surface area (Å²) in [7, 11) is 0. The Balaban J connectivity index is 1.16. The van der Waals surface area contributed by atoms with Gasteiger partial charge >= 0.3 is 0 Å². The molecule has 4 aromatic rings. The van der Waals surface area contributed by atoms with Gasteiger partial charge in [0.1, 0.15) is 5.82 Å². The van der Waals surface area contributed by atoms with E-state index in [1.807, 2.05) is 59.6 Å². The van der Waals surface area contributed by atoms with E-state index in [1.54, 1.807) is 12.4 Å². The van der Waals surface area contributed by atoms with Crippen LogP contribution in [0, 0.1) is 11.3 Å². The van der Waals surface area contributed by atoms with Gasteiger partial charge in [-0.25, -0.2) is 4.98 Å². The third kappa shape index (κ3) is 4.61. The number of aromatic nitrogens is 3. The zero-order chi connectivity index (χ0) is 22.6. The van der Waals surface area contributed by atoms with Crippen molar-refractivity contribution in [1.29, 1.82) is 5.26 Å². The number of fused-ring (bicyclic) bond motifs is 1. The number of H-pyrrole nitrogens is 1. The molecular formula is C26H24N6O. The lowest BCUT2D eigenvalue weighted by atomic mass is 10.1. The van der Waals surface area contributed by atoms with Crippen LogP contribution in [0.1, 0.15) is 39.4 Å². The minimum Gasteiger partial charge on any atom is -0.345 e. The van der Waals surface area contributed by atoms with Gasteiger partial charge in [-0.2, -0.15) is 5.26 Å². The summed E-state index contributed by atoms with van der Waals surface area (Å²) in [5.41, 5.74) is 3.44. The molecule has 1 aliphatic rings. The third-order valence-corrected chi connectivity index (χ3v) is 6.09. The number of benzene rings is 2. The SMILES string of the molecule is N#Cc1ccc(Cc2ncc(CNC3CCN(C(=O)c4cncc5ccccc45)C3)[nH]2)cc1. The molecule has 164 valence electrons. The number of hydrogen-bond donors (Lipinski definition) is 2. The van der Waals surface area contributed by atoms with Gasteiger partial charge in [0.2, 0.25) is 0 Å². The highest BCUT2D eigenvalue weighted by Gasteiger charge is 2.27. The van der Waals surface area contributed by atoms with Crippen molar-refractivity contribution >= 4 is 16.7 Å². The largest absolute Gasteiger partial charge is 0.345 e. The average Bonchev–Trinajstić information content (AvgIpc) is 3.52. The first-order valence-electron chi connectivity index (χ1n) is 11.1. The lowest BCUT2D eigenvalue weighted by molar-refractivity contribution is 0.0791. The Morgan fingerprint density at radius 3 is 2.85 bits per heavy atom. The number of aromatic amines is 1. The molecule has 0 bridgehead atoms. The molecular weight excluding hydrogens is 412 g/mol. The summed E-state index contributed by atoms with van der Waals surface area (Å²) >= 11 is 0. The molecule has 5 rings (SSSR count). The molecule has 33 heavy (non-hydrogen) atoms. The van der Waals surface area contributed by atoms with Gasteiger partial charge in [0.15, 0.2) is 0 Å². The Kier molecular flexibility index (Phi) is 5.83. The second kappa shape index (κ2) is 9.23. The Morgan fingerprint density at radius 2 is 2.00 bits per heavy atom. The number of nitrogens with zero attached hydrogens (tertiary/aromatic N) is 4. The van der Waals surface area contributed by atoms with Crippen LogP contribution in [0.4, 0.5) is 0 Å². The van der Waals surface area contributed by atoms with Crippen molar-refractivity contribution in [3.8, 4) is 6.07 Å². The van der Waals surface area contributed by atoms with E-state index in [-0.39, 0.29) is 11.9 Å². The van der Waals surface area contributed by atoms with Crippen LogP contribution in [0.25, 0.3) is 10.8 Å². The van der Waals surface area contributed by atoms with Crippen molar-refractivity contribution in [2.45, 2.75) is 25.4 Å². The number of nitriles is 1. The maximum Gasteiger partial charge on any atom is 0.256 e. The number of likely N-dealkylation sites (tertiary alicyclic amines) is 1. The average molecular weight is 437 g/mol. The predicted molar refractivity (Wildman–Crippen MR) is 125 cm³/mol. The molecule has 2 aromatic carbocycles. The highest BCUT2D eigenvalue weighted by Crippen LogP contribution is 2.21. The second-order valence-electron chi connectivity index (χ2n) is 8.37. The first-order valence-corrected chi connectivity index (χ1v) is 11.1. The van der Waals surface area contributed by atoms with Gasteiger partial charge in [-0.3, -0.25) is 9.78 Å². The molecule has 1 saturated heterocycles. The van der Waals surface area contributed by atoms with Gasteiger partial charge in [0.25, 0.3) is 5.91 Å². The summed E-state index contributed by atoms with van der Waals surface area (Å²) in [5, 5.41) is 14.4. The quantitative estimate of drug-likeness (QED) is 0.483. The van der Waals surface area contributed by atoms with Crippen molar-refractivity contribution in [3.63, 3.8) is 0 Å². The Hall–Kier alpha value is -4.02.